The molecular weight excluding hydrogens is 287 g/mol. The van der Waals surface area contributed by atoms with Gasteiger partial charge in [0.25, 0.3) is 0 Å². The highest BCUT2D eigenvalue weighted by atomic mass is 35.5. The normalized spacial score (nSPS) is 20.1. The first kappa shape index (κ1) is 16.7. The van der Waals surface area contributed by atoms with Gasteiger partial charge in [0.05, 0.1) is 5.02 Å². The Morgan fingerprint density at radius 3 is 2.90 bits per heavy atom. The molecule has 4 heteroatoms. The van der Waals surface area contributed by atoms with Gasteiger partial charge in [0.1, 0.15) is 5.82 Å². The molecule has 1 aliphatic rings. The van der Waals surface area contributed by atoms with Crippen LogP contribution in [0.15, 0.2) is 18.2 Å². The molecule has 118 valence electrons. The molecule has 1 fully saturated rings. The van der Waals surface area contributed by atoms with Crippen molar-refractivity contribution in [1.29, 1.82) is 0 Å². The summed E-state index contributed by atoms with van der Waals surface area (Å²) in [6, 6.07) is 5.94. The van der Waals surface area contributed by atoms with E-state index >= 15 is 0 Å². The standard InChI is InChI=1S/C17H26ClFN2/c1-3-4-10-21(12-15-6-5-9-20-15)13(2)14-7-8-17(19)16(18)11-14/h7-8,11,13,15,20H,3-6,9-10,12H2,1-2H3. The second-order valence-electron chi connectivity index (χ2n) is 5.99. The van der Waals surface area contributed by atoms with Gasteiger partial charge in [0, 0.05) is 18.6 Å². The molecular formula is C17H26ClFN2. The fraction of sp³-hybridized carbons (Fsp3) is 0.647. The second kappa shape index (κ2) is 8.11. The molecule has 2 rings (SSSR count). The zero-order valence-electron chi connectivity index (χ0n) is 13.0. The zero-order chi connectivity index (χ0) is 15.2. The summed E-state index contributed by atoms with van der Waals surface area (Å²) >= 11 is 5.93. The van der Waals surface area contributed by atoms with E-state index in [9.17, 15) is 4.39 Å². The Balaban J connectivity index is 2.07. The van der Waals surface area contributed by atoms with Crippen molar-refractivity contribution in [3.8, 4) is 0 Å². The number of nitrogens with zero attached hydrogens (tertiary/aromatic N) is 1. The van der Waals surface area contributed by atoms with Crippen LogP contribution in [0.5, 0.6) is 0 Å². The molecule has 1 saturated heterocycles. The summed E-state index contributed by atoms with van der Waals surface area (Å²) in [6.45, 7) is 7.66. The molecule has 1 aliphatic heterocycles. The average Bonchev–Trinajstić information content (AvgIpc) is 2.98. The molecule has 2 atom stereocenters. The third kappa shape index (κ3) is 4.67. The molecule has 2 unspecified atom stereocenters. The maximum absolute atomic E-state index is 13.3. The first-order valence-electron chi connectivity index (χ1n) is 8.04. The van der Waals surface area contributed by atoms with Crippen LogP contribution in [0.2, 0.25) is 5.02 Å². The van der Waals surface area contributed by atoms with Crippen molar-refractivity contribution in [3.05, 3.63) is 34.6 Å². The van der Waals surface area contributed by atoms with Crippen LogP contribution in [-0.4, -0.2) is 30.6 Å². The highest BCUT2D eigenvalue weighted by molar-refractivity contribution is 6.30. The topological polar surface area (TPSA) is 15.3 Å². The minimum atomic E-state index is -0.342. The van der Waals surface area contributed by atoms with Crippen LogP contribution in [0.4, 0.5) is 4.39 Å². The monoisotopic (exact) mass is 312 g/mol. The Hall–Kier alpha value is -0.640. The van der Waals surface area contributed by atoms with Gasteiger partial charge in [-0.2, -0.15) is 0 Å². The highest BCUT2D eigenvalue weighted by Gasteiger charge is 2.22. The van der Waals surface area contributed by atoms with Crippen LogP contribution in [-0.2, 0) is 0 Å². The molecule has 0 aliphatic carbocycles. The van der Waals surface area contributed by atoms with Gasteiger partial charge >= 0.3 is 0 Å². The van der Waals surface area contributed by atoms with Gasteiger partial charge in [-0.25, -0.2) is 4.39 Å². The lowest BCUT2D eigenvalue weighted by Gasteiger charge is -2.32. The van der Waals surface area contributed by atoms with E-state index in [-0.39, 0.29) is 16.9 Å². The summed E-state index contributed by atoms with van der Waals surface area (Å²) in [7, 11) is 0. The van der Waals surface area contributed by atoms with Crippen LogP contribution in [0, 0.1) is 5.82 Å². The van der Waals surface area contributed by atoms with E-state index in [1.54, 1.807) is 6.07 Å². The van der Waals surface area contributed by atoms with Crippen molar-refractivity contribution in [2.45, 2.75) is 51.6 Å². The Bertz CT molecular complexity index is 446. The van der Waals surface area contributed by atoms with Crippen LogP contribution < -0.4 is 5.32 Å². The predicted octanol–water partition coefficient (Wildman–Crippen LogP) is 4.39. The smallest absolute Gasteiger partial charge is 0.141 e. The third-order valence-corrected chi connectivity index (χ3v) is 4.68. The maximum atomic E-state index is 13.3. The fourth-order valence-corrected chi connectivity index (χ4v) is 3.17. The van der Waals surface area contributed by atoms with Crippen molar-refractivity contribution in [3.63, 3.8) is 0 Å². The molecule has 0 aromatic heterocycles. The van der Waals surface area contributed by atoms with E-state index in [2.05, 4.69) is 24.1 Å². The Kier molecular flexibility index (Phi) is 6.46. The molecule has 0 spiro atoms. The Morgan fingerprint density at radius 1 is 1.48 bits per heavy atom. The minimum Gasteiger partial charge on any atom is -0.313 e. The lowest BCUT2D eigenvalue weighted by atomic mass is 10.0. The van der Waals surface area contributed by atoms with E-state index in [0.717, 1.165) is 25.2 Å². The summed E-state index contributed by atoms with van der Waals surface area (Å²) in [5.74, 6) is -0.342. The fourth-order valence-electron chi connectivity index (χ4n) is 2.98. The Morgan fingerprint density at radius 2 is 2.29 bits per heavy atom. The molecule has 0 radical (unpaired) electrons. The molecule has 1 aromatic carbocycles. The van der Waals surface area contributed by atoms with Gasteiger partial charge in [-0.3, -0.25) is 4.90 Å². The molecule has 0 bridgehead atoms. The van der Waals surface area contributed by atoms with E-state index in [1.807, 2.05) is 6.07 Å². The molecule has 0 saturated carbocycles. The van der Waals surface area contributed by atoms with E-state index in [1.165, 1.54) is 31.7 Å². The van der Waals surface area contributed by atoms with Crippen molar-refractivity contribution < 1.29 is 4.39 Å². The van der Waals surface area contributed by atoms with E-state index in [0.29, 0.717) is 6.04 Å². The summed E-state index contributed by atoms with van der Waals surface area (Å²) in [6.07, 6.45) is 4.89. The van der Waals surface area contributed by atoms with Crippen molar-refractivity contribution in [1.82, 2.24) is 10.2 Å². The number of unbranched alkanes of at least 4 members (excludes halogenated alkanes) is 1. The van der Waals surface area contributed by atoms with Crippen molar-refractivity contribution >= 4 is 11.6 Å². The maximum Gasteiger partial charge on any atom is 0.141 e. The lowest BCUT2D eigenvalue weighted by molar-refractivity contribution is 0.189. The third-order valence-electron chi connectivity index (χ3n) is 4.39. The predicted molar refractivity (Wildman–Crippen MR) is 87.3 cm³/mol. The minimum absolute atomic E-state index is 0.216. The lowest BCUT2D eigenvalue weighted by Crippen LogP contribution is -2.39. The molecule has 1 N–H and O–H groups in total. The van der Waals surface area contributed by atoms with Crippen molar-refractivity contribution in [2.75, 3.05) is 19.6 Å². The van der Waals surface area contributed by atoms with Crippen LogP contribution in [0.1, 0.15) is 51.1 Å². The van der Waals surface area contributed by atoms with Crippen LogP contribution in [0.25, 0.3) is 0 Å². The molecule has 0 amide bonds. The highest BCUT2D eigenvalue weighted by Crippen LogP contribution is 2.26. The van der Waals surface area contributed by atoms with Crippen LogP contribution in [0.3, 0.4) is 0 Å². The average molecular weight is 313 g/mol. The van der Waals surface area contributed by atoms with Gasteiger partial charge in [-0.05, 0) is 57.0 Å². The number of halogens is 2. The van der Waals surface area contributed by atoms with Crippen LogP contribution >= 0.6 is 11.6 Å². The number of rotatable bonds is 7. The second-order valence-corrected chi connectivity index (χ2v) is 6.40. The molecule has 1 heterocycles. The van der Waals surface area contributed by atoms with E-state index in [4.69, 9.17) is 11.6 Å². The molecule has 2 nitrogen and oxygen atoms in total. The quantitative estimate of drug-likeness (QED) is 0.803. The largest absolute Gasteiger partial charge is 0.313 e. The van der Waals surface area contributed by atoms with Gasteiger partial charge < -0.3 is 5.32 Å². The first-order valence-corrected chi connectivity index (χ1v) is 8.42. The summed E-state index contributed by atoms with van der Waals surface area (Å²) < 4.78 is 13.3. The molecule has 21 heavy (non-hydrogen) atoms. The Labute approximate surface area is 132 Å². The summed E-state index contributed by atoms with van der Waals surface area (Å²) in [4.78, 5) is 2.50. The van der Waals surface area contributed by atoms with Gasteiger partial charge in [-0.15, -0.1) is 0 Å². The number of hydrogen-bond donors (Lipinski definition) is 1. The van der Waals surface area contributed by atoms with Crippen molar-refractivity contribution in [2.24, 2.45) is 0 Å². The zero-order valence-corrected chi connectivity index (χ0v) is 13.8. The van der Waals surface area contributed by atoms with Gasteiger partial charge in [-0.1, -0.05) is 31.0 Å². The number of hydrogen-bond acceptors (Lipinski definition) is 2. The summed E-state index contributed by atoms with van der Waals surface area (Å²) in [5, 5.41) is 3.78. The van der Waals surface area contributed by atoms with E-state index < -0.39 is 0 Å². The SMILES string of the molecule is CCCCN(CC1CCCN1)C(C)c1ccc(F)c(Cl)c1. The van der Waals surface area contributed by atoms with Gasteiger partial charge in [0.15, 0.2) is 0 Å². The van der Waals surface area contributed by atoms with Gasteiger partial charge in [0.2, 0.25) is 0 Å². The number of nitrogens with one attached hydrogen (secondary N) is 1. The molecule has 1 aromatic rings. The number of benzene rings is 1. The first-order chi connectivity index (χ1) is 10.1. The summed E-state index contributed by atoms with van der Waals surface area (Å²) in [5.41, 5.74) is 1.09.